The lowest BCUT2D eigenvalue weighted by Crippen LogP contribution is -2.05. The minimum Gasteiger partial charge on any atom is -0.300 e. The van der Waals surface area contributed by atoms with Crippen LogP contribution in [-0.2, 0) is 4.79 Å². The van der Waals surface area contributed by atoms with Gasteiger partial charge in [-0.3, -0.25) is 4.79 Å². The maximum atomic E-state index is 11.0. The predicted octanol–water partition coefficient (Wildman–Crippen LogP) is 1.41. The molecule has 0 heterocycles. The average Bonchev–Trinajstić information content (AvgIpc) is 2.33. The van der Waals surface area contributed by atoms with Crippen molar-refractivity contribution in [3.05, 3.63) is 0 Å². The lowest BCUT2D eigenvalue weighted by molar-refractivity contribution is -0.117. The fraction of sp³-hybridized carbons (Fsp3) is 0.667. The fourth-order valence-electron chi connectivity index (χ4n) is 1.71. The first-order chi connectivity index (χ1) is 5.77. The molecule has 3 nitrogen and oxygen atoms in total. The third kappa shape index (κ3) is 1.83. The summed E-state index contributed by atoms with van der Waals surface area (Å²) in [6.45, 7) is 0. The van der Waals surface area contributed by atoms with Gasteiger partial charge in [0.1, 0.15) is 5.78 Å². The van der Waals surface area contributed by atoms with Crippen LogP contribution < -0.4 is 0 Å². The third-order valence-electron chi connectivity index (χ3n) is 2.35. The molecule has 0 aliphatic heterocycles. The second-order valence-electron chi connectivity index (χ2n) is 3.19. The molecule has 0 amide bonds. The number of hydrogen-bond donors (Lipinski definition) is 0. The van der Waals surface area contributed by atoms with E-state index in [9.17, 15) is 4.79 Å². The molecule has 1 saturated carbocycles. The second kappa shape index (κ2) is 3.88. The van der Waals surface area contributed by atoms with Crippen molar-refractivity contribution in [3.8, 4) is 12.1 Å². The van der Waals surface area contributed by atoms with E-state index in [-0.39, 0.29) is 17.6 Å². The molecule has 3 heteroatoms. The van der Waals surface area contributed by atoms with E-state index >= 15 is 0 Å². The van der Waals surface area contributed by atoms with Crippen LogP contribution in [-0.4, -0.2) is 5.78 Å². The number of nitrogens with zero attached hydrogens (tertiary/aromatic N) is 2. The van der Waals surface area contributed by atoms with Crippen molar-refractivity contribution in [2.75, 3.05) is 0 Å². The molecule has 1 aliphatic carbocycles. The molecule has 0 aromatic carbocycles. The van der Waals surface area contributed by atoms with Crippen LogP contribution in [0.15, 0.2) is 0 Å². The van der Waals surface area contributed by atoms with E-state index in [0.29, 0.717) is 25.7 Å². The van der Waals surface area contributed by atoms with Gasteiger partial charge in [-0.15, -0.1) is 0 Å². The van der Waals surface area contributed by atoms with Crippen molar-refractivity contribution in [2.45, 2.75) is 25.7 Å². The van der Waals surface area contributed by atoms with Crippen LogP contribution in [0.3, 0.4) is 0 Å². The second-order valence-corrected chi connectivity index (χ2v) is 3.19. The van der Waals surface area contributed by atoms with E-state index in [2.05, 4.69) is 12.1 Å². The quantitative estimate of drug-likeness (QED) is 0.616. The fourth-order valence-corrected chi connectivity index (χ4v) is 1.71. The van der Waals surface area contributed by atoms with Crippen LogP contribution in [0.5, 0.6) is 0 Å². The Kier molecular flexibility index (Phi) is 2.82. The molecule has 62 valence electrons. The predicted molar refractivity (Wildman–Crippen MR) is 41.7 cm³/mol. The zero-order valence-corrected chi connectivity index (χ0v) is 6.79. The Morgan fingerprint density at radius 1 is 1.17 bits per heavy atom. The average molecular weight is 162 g/mol. The smallest absolute Gasteiger partial charge is 0.133 e. The molecule has 2 atom stereocenters. The summed E-state index contributed by atoms with van der Waals surface area (Å²) in [6.07, 6.45) is 1.83. The first-order valence-corrected chi connectivity index (χ1v) is 4.03. The molecule has 0 spiro atoms. The van der Waals surface area contributed by atoms with Crippen molar-refractivity contribution in [2.24, 2.45) is 11.8 Å². The van der Waals surface area contributed by atoms with Gasteiger partial charge >= 0.3 is 0 Å². The molecular formula is C9H10N2O. The van der Waals surface area contributed by atoms with E-state index in [0.717, 1.165) is 0 Å². The number of rotatable bonds is 2. The van der Waals surface area contributed by atoms with Crippen LogP contribution in [0.25, 0.3) is 0 Å². The topological polar surface area (TPSA) is 64.7 Å². The van der Waals surface area contributed by atoms with Crippen LogP contribution in [0.1, 0.15) is 25.7 Å². The molecule has 1 fully saturated rings. The Morgan fingerprint density at radius 3 is 1.92 bits per heavy atom. The highest BCUT2D eigenvalue weighted by Gasteiger charge is 2.32. The van der Waals surface area contributed by atoms with Gasteiger partial charge in [0.25, 0.3) is 0 Å². The number of carbonyl (C=O) groups is 1. The molecule has 1 rings (SSSR count). The van der Waals surface area contributed by atoms with Crippen LogP contribution >= 0.6 is 0 Å². The van der Waals surface area contributed by atoms with Crippen LogP contribution in [0, 0.1) is 34.5 Å². The standard InChI is InChI=1S/C9H10N2O/c10-3-1-7-5-9(12)6-8(7)2-4-11/h7-8H,1-2,5-6H2. The molecule has 0 N–H and O–H groups in total. The third-order valence-corrected chi connectivity index (χ3v) is 2.35. The van der Waals surface area contributed by atoms with E-state index in [1.54, 1.807) is 0 Å². The van der Waals surface area contributed by atoms with Crippen molar-refractivity contribution in [1.29, 1.82) is 10.5 Å². The minimum atomic E-state index is 0.141. The summed E-state index contributed by atoms with van der Waals surface area (Å²) in [5.41, 5.74) is 0. The summed E-state index contributed by atoms with van der Waals surface area (Å²) in [4.78, 5) is 11.0. The van der Waals surface area contributed by atoms with E-state index in [1.807, 2.05) is 0 Å². The Labute approximate surface area is 71.6 Å². The first-order valence-electron chi connectivity index (χ1n) is 4.03. The van der Waals surface area contributed by atoms with E-state index in [1.165, 1.54) is 0 Å². The Morgan fingerprint density at radius 2 is 1.58 bits per heavy atom. The largest absolute Gasteiger partial charge is 0.300 e. The summed E-state index contributed by atoms with van der Waals surface area (Å²) in [5, 5.41) is 16.9. The lowest BCUT2D eigenvalue weighted by atomic mass is 9.91. The molecule has 0 aromatic rings. The van der Waals surface area contributed by atoms with Crippen molar-refractivity contribution in [1.82, 2.24) is 0 Å². The number of nitriles is 2. The maximum Gasteiger partial charge on any atom is 0.133 e. The van der Waals surface area contributed by atoms with Gasteiger partial charge in [0.05, 0.1) is 12.1 Å². The molecule has 0 radical (unpaired) electrons. The van der Waals surface area contributed by atoms with Gasteiger partial charge in [-0.1, -0.05) is 0 Å². The van der Waals surface area contributed by atoms with Crippen molar-refractivity contribution >= 4 is 5.78 Å². The van der Waals surface area contributed by atoms with E-state index < -0.39 is 0 Å². The summed E-state index contributed by atoms with van der Waals surface area (Å²) >= 11 is 0. The Bertz CT molecular complexity index is 233. The maximum absolute atomic E-state index is 11.0. The number of Topliss-reactive ketones (excluding diaryl/α,β-unsaturated/α-hetero) is 1. The molecule has 12 heavy (non-hydrogen) atoms. The molecular weight excluding hydrogens is 152 g/mol. The highest BCUT2D eigenvalue weighted by Crippen LogP contribution is 2.33. The Balaban J connectivity index is 2.55. The molecule has 0 bridgehead atoms. The van der Waals surface area contributed by atoms with Gasteiger partial charge in [0, 0.05) is 25.7 Å². The molecule has 2 unspecified atom stereocenters. The molecule has 0 saturated heterocycles. The molecule has 0 aromatic heterocycles. The SMILES string of the molecule is N#CCC1CC(=O)CC1CC#N. The van der Waals surface area contributed by atoms with Crippen LogP contribution in [0.2, 0.25) is 0 Å². The summed E-state index contributed by atoms with van der Waals surface area (Å²) < 4.78 is 0. The minimum absolute atomic E-state index is 0.141. The summed E-state index contributed by atoms with van der Waals surface area (Å²) in [6, 6.07) is 4.11. The van der Waals surface area contributed by atoms with Gasteiger partial charge in [-0.25, -0.2) is 0 Å². The highest BCUT2D eigenvalue weighted by atomic mass is 16.1. The monoisotopic (exact) mass is 162 g/mol. The lowest BCUT2D eigenvalue weighted by Gasteiger charge is -2.10. The zero-order valence-electron chi connectivity index (χ0n) is 6.79. The first kappa shape index (κ1) is 8.74. The normalized spacial score (nSPS) is 28.0. The number of hydrogen-bond acceptors (Lipinski definition) is 3. The summed E-state index contributed by atoms with van der Waals surface area (Å²) in [5.74, 6) is 0.486. The van der Waals surface area contributed by atoms with Gasteiger partial charge < -0.3 is 0 Å². The van der Waals surface area contributed by atoms with Gasteiger partial charge in [0.2, 0.25) is 0 Å². The number of carbonyl (C=O) groups excluding carboxylic acids is 1. The van der Waals surface area contributed by atoms with Gasteiger partial charge in [-0.2, -0.15) is 10.5 Å². The van der Waals surface area contributed by atoms with Gasteiger partial charge in [-0.05, 0) is 11.8 Å². The van der Waals surface area contributed by atoms with Gasteiger partial charge in [0.15, 0.2) is 0 Å². The zero-order chi connectivity index (χ0) is 8.97. The molecule has 1 aliphatic rings. The summed E-state index contributed by atoms with van der Waals surface area (Å²) in [7, 11) is 0. The Hall–Kier alpha value is -1.35. The number of ketones is 1. The van der Waals surface area contributed by atoms with Crippen molar-refractivity contribution in [3.63, 3.8) is 0 Å². The highest BCUT2D eigenvalue weighted by molar-refractivity contribution is 5.81. The van der Waals surface area contributed by atoms with E-state index in [4.69, 9.17) is 10.5 Å². The van der Waals surface area contributed by atoms with Crippen LogP contribution in [0.4, 0.5) is 0 Å². The van der Waals surface area contributed by atoms with Crippen molar-refractivity contribution < 1.29 is 4.79 Å².